The van der Waals surface area contributed by atoms with Crippen molar-refractivity contribution >= 4 is 35.0 Å². The van der Waals surface area contributed by atoms with Crippen LogP contribution in [-0.4, -0.2) is 36.6 Å². The van der Waals surface area contributed by atoms with E-state index in [0.717, 1.165) is 25.9 Å². The molecule has 138 valence electrons. The first kappa shape index (κ1) is 18.7. The Kier molecular flexibility index (Phi) is 5.89. The summed E-state index contributed by atoms with van der Waals surface area (Å²) in [5.74, 6) is -0.520. The van der Waals surface area contributed by atoms with Gasteiger partial charge >= 0.3 is 5.97 Å². The van der Waals surface area contributed by atoms with Gasteiger partial charge in [-0.05, 0) is 43.2 Å². The van der Waals surface area contributed by atoms with Gasteiger partial charge in [0, 0.05) is 25.0 Å². The lowest BCUT2D eigenvalue weighted by Gasteiger charge is -2.18. The first-order chi connectivity index (χ1) is 13.1. The molecule has 7 nitrogen and oxygen atoms in total. The second kappa shape index (κ2) is 8.52. The number of halogens is 1. The summed E-state index contributed by atoms with van der Waals surface area (Å²) < 4.78 is 5.13. The predicted molar refractivity (Wildman–Crippen MR) is 101 cm³/mol. The molecule has 1 amide bonds. The summed E-state index contributed by atoms with van der Waals surface area (Å²) in [6.07, 6.45) is 3.74. The van der Waals surface area contributed by atoms with Gasteiger partial charge < -0.3 is 15.0 Å². The SMILES string of the molecule is N#Cc1ccc(NC(=O)COC(=O)c2cccnc2N2CCCC2)cc1Cl. The fourth-order valence-corrected chi connectivity index (χ4v) is 3.05. The molecule has 8 heteroatoms. The lowest BCUT2D eigenvalue weighted by Crippen LogP contribution is -2.24. The summed E-state index contributed by atoms with van der Waals surface area (Å²) in [7, 11) is 0. The number of ether oxygens (including phenoxy) is 1. The van der Waals surface area contributed by atoms with Crippen molar-refractivity contribution in [3.8, 4) is 6.07 Å². The monoisotopic (exact) mass is 384 g/mol. The van der Waals surface area contributed by atoms with Crippen LogP contribution in [0.15, 0.2) is 36.5 Å². The smallest absolute Gasteiger partial charge is 0.342 e. The lowest BCUT2D eigenvalue weighted by atomic mass is 10.2. The van der Waals surface area contributed by atoms with Crippen LogP contribution < -0.4 is 10.2 Å². The summed E-state index contributed by atoms with van der Waals surface area (Å²) in [6.45, 7) is 1.25. The number of hydrogen-bond acceptors (Lipinski definition) is 6. The molecule has 0 atom stereocenters. The Balaban J connectivity index is 1.60. The molecular formula is C19H17ClN4O3. The number of hydrogen-bond donors (Lipinski definition) is 1. The third kappa shape index (κ3) is 4.54. The van der Waals surface area contributed by atoms with E-state index >= 15 is 0 Å². The summed E-state index contributed by atoms with van der Waals surface area (Å²) in [5.41, 5.74) is 1.07. The van der Waals surface area contributed by atoms with Crippen molar-refractivity contribution in [2.75, 3.05) is 29.9 Å². The Morgan fingerprint density at radius 1 is 1.30 bits per heavy atom. The van der Waals surface area contributed by atoms with Crippen molar-refractivity contribution in [2.45, 2.75) is 12.8 Å². The minimum Gasteiger partial charge on any atom is -0.452 e. The number of amides is 1. The van der Waals surface area contributed by atoms with E-state index in [1.54, 1.807) is 24.4 Å². The summed E-state index contributed by atoms with van der Waals surface area (Å²) in [5, 5.41) is 11.7. The molecule has 0 unspecified atom stereocenters. The second-order valence-electron chi connectivity index (χ2n) is 6.00. The molecule has 1 fully saturated rings. The molecule has 1 saturated heterocycles. The number of carbonyl (C=O) groups excluding carboxylic acids is 2. The zero-order valence-corrected chi connectivity index (χ0v) is 15.2. The van der Waals surface area contributed by atoms with Crippen molar-refractivity contribution in [1.29, 1.82) is 5.26 Å². The Bertz CT molecular complexity index is 904. The van der Waals surface area contributed by atoms with E-state index < -0.39 is 18.5 Å². The van der Waals surface area contributed by atoms with E-state index in [1.807, 2.05) is 11.0 Å². The van der Waals surface area contributed by atoms with E-state index in [2.05, 4.69) is 10.3 Å². The van der Waals surface area contributed by atoms with Gasteiger partial charge in [0.1, 0.15) is 17.5 Å². The van der Waals surface area contributed by atoms with Gasteiger partial charge in [0.2, 0.25) is 0 Å². The van der Waals surface area contributed by atoms with E-state index in [4.69, 9.17) is 21.6 Å². The van der Waals surface area contributed by atoms with E-state index in [1.165, 1.54) is 12.1 Å². The molecule has 0 aliphatic carbocycles. The average molecular weight is 385 g/mol. The van der Waals surface area contributed by atoms with Gasteiger partial charge in [-0.15, -0.1) is 0 Å². The standard InChI is InChI=1S/C19H17ClN4O3/c20-16-10-14(6-5-13(16)11-21)23-17(25)12-27-19(26)15-4-3-7-22-18(15)24-8-1-2-9-24/h3-7,10H,1-2,8-9,12H2,(H,23,25). The largest absolute Gasteiger partial charge is 0.452 e. The fraction of sp³-hybridized carbons (Fsp3) is 0.263. The number of aromatic nitrogens is 1. The van der Waals surface area contributed by atoms with Crippen molar-refractivity contribution in [2.24, 2.45) is 0 Å². The number of rotatable bonds is 5. The van der Waals surface area contributed by atoms with Crippen molar-refractivity contribution in [1.82, 2.24) is 4.98 Å². The maximum absolute atomic E-state index is 12.4. The van der Waals surface area contributed by atoms with Gasteiger partial charge in [-0.1, -0.05) is 11.6 Å². The lowest BCUT2D eigenvalue weighted by molar-refractivity contribution is -0.119. The molecule has 1 aromatic carbocycles. The Morgan fingerprint density at radius 3 is 2.78 bits per heavy atom. The minimum atomic E-state index is -0.599. The zero-order valence-electron chi connectivity index (χ0n) is 14.4. The van der Waals surface area contributed by atoms with Crippen molar-refractivity contribution in [3.63, 3.8) is 0 Å². The quantitative estimate of drug-likeness (QED) is 0.796. The highest BCUT2D eigenvalue weighted by atomic mass is 35.5. The predicted octanol–water partition coefficient (Wildman–Crippen LogP) is 3.00. The second-order valence-corrected chi connectivity index (χ2v) is 6.41. The molecule has 1 aromatic heterocycles. The van der Waals surface area contributed by atoms with Crippen LogP contribution in [0.4, 0.5) is 11.5 Å². The van der Waals surface area contributed by atoms with E-state index in [0.29, 0.717) is 22.6 Å². The van der Waals surface area contributed by atoms with Crippen LogP contribution in [-0.2, 0) is 9.53 Å². The van der Waals surface area contributed by atoms with Gasteiger partial charge in [0.15, 0.2) is 6.61 Å². The molecular weight excluding hydrogens is 368 g/mol. The number of esters is 1. The number of pyridine rings is 1. The Morgan fingerprint density at radius 2 is 2.07 bits per heavy atom. The Hall–Kier alpha value is -3.11. The van der Waals surface area contributed by atoms with E-state index in [-0.39, 0.29) is 5.02 Å². The Labute approximate surface area is 161 Å². The first-order valence-electron chi connectivity index (χ1n) is 8.45. The van der Waals surface area contributed by atoms with Gasteiger partial charge in [0.25, 0.3) is 5.91 Å². The van der Waals surface area contributed by atoms with Crippen LogP contribution in [0.3, 0.4) is 0 Å². The van der Waals surface area contributed by atoms with Crippen LogP contribution >= 0.6 is 11.6 Å². The van der Waals surface area contributed by atoms with Crippen molar-refractivity contribution in [3.05, 3.63) is 52.7 Å². The first-order valence-corrected chi connectivity index (χ1v) is 8.83. The summed E-state index contributed by atoms with van der Waals surface area (Å²) in [6, 6.07) is 9.76. The normalized spacial score (nSPS) is 13.1. The van der Waals surface area contributed by atoms with Gasteiger partial charge in [-0.2, -0.15) is 5.26 Å². The van der Waals surface area contributed by atoms with Crippen LogP contribution in [0.25, 0.3) is 0 Å². The topological polar surface area (TPSA) is 95.3 Å². The maximum atomic E-state index is 12.4. The number of nitriles is 1. The van der Waals surface area contributed by atoms with Gasteiger partial charge in [-0.25, -0.2) is 9.78 Å². The number of nitrogens with one attached hydrogen (secondary N) is 1. The van der Waals surface area contributed by atoms with Crippen LogP contribution in [0, 0.1) is 11.3 Å². The third-order valence-corrected chi connectivity index (χ3v) is 4.43. The molecule has 0 spiro atoms. The highest BCUT2D eigenvalue weighted by molar-refractivity contribution is 6.32. The average Bonchev–Trinajstić information content (AvgIpc) is 3.21. The molecule has 1 aliphatic rings. The third-order valence-electron chi connectivity index (χ3n) is 4.12. The molecule has 2 heterocycles. The van der Waals surface area contributed by atoms with Gasteiger partial charge in [-0.3, -0.25) is 4.79 Å². The molecule has 0 radical (unpaired) electrons. The summed E-state index contributed by atoms with van der Waals surface area (Å²) >= 11 is 5.93. The zero-order chi connectivity index (χ0) is 19.2. The molecule has 1 aliphatic heterocycles. The van der Waals surface area contributed by atoms with Crippen LogP contribution in [0.2, 0.25) is 5.02 Å². The maximum Gasteiger partial charge on any atom is 0.342 e. The van der Waals surface area contributed by atoms with Crippen molar-refractivity contribution < 1.29 is 14.3 Å². The number of nitrogens with zero attached hydrogens (tertiary/aromatic N) is 3. The molecule has 0 bridgehead atoms. The summed E-state index contributed by atoms with van der Waals surface area (Å²) in [4.78, 5) is 30.7. The molecule has 0 saturated carbocycles. The number of benzene rings is 1. The molecule has 3 rings (SSSR count). The highest BCUT2D eigenvalue weighted by Crippen LogP contribution is 2.23. The van der Waals surface area contributed by atoms with E-state index in [9.17, 15) is 9.59 Å². The minimum absolute atomic E-state index is 0.234. The number of carbonyl (C=O) groups is 2. The molecule has 27 heavy (non-hydrogen) atoms. The molecule has 2 aromatic rings. The van der Waals surface area contributed by atoms with Crippen LogP contribution in [0.5, 0.6) is 0 Å². The fourth-order valence-electron chi connectivity index (χ4n) is 2.83. The molecule has 1 N–H and O–H groups in total. The van der Waals surface area contributed by atoms with Gasteiger partial charge in [0.05, 0.1) is 10.6 Å². The highest BCUT2D eigenvalue weighted by Gasteiger charge is 2.22. The number of anilines is 2. The van der Waals surface area contributed by atoms with Crippen LogP contribution in [0.1, 0.15) is 28.8 Å².